The second-order valence-electron chi connectivity index (χ2n) is 2.42. The van der Waals surface area contributed by atoms with Crippen LogP contribution in [-0.2, 0) is 18.0 Å². The molecule has 1 aromatic heterocycles. The number of fused-ring (bicyclic) bond motifs is 1. The molecule has 2 rings (SSSR count). The van der Waals surface area contributed by atoms with Crippen LogP contribution in [0.25, 0.3) is 0 Å². The molecule has 1 aromatic rings. The minimum Gasteiger partial charge on any atom is -0.467 e. The summed E-state index contributed by atoms with van der Waals surface area (Å²) in [6.07, 6.45) is 0. The third kappa shape index (κ3) is 1.13. The van der Waals surface area contributed by atoms with E-state index in [0.29, 0.717) is 24.4 Å². The van der Waals surface area contributed by atoms with Gasteiger partial charge in [0.25, 0.3) is 0 Å². The van der Waals surface area contributed by atoms with Gasteiger partial charge in [-0.1, -0.05) is 11.6 Å². The first-order chi connectivity index (χ1) is 5.81. The monoisotopic (exact) mass is 186 g/mol. The summed E-state index contributed by atoms with van der Waals surface area (Å²) in [5, 5.41) is 0.425. The van der Waals surface area contributed by atoms with E-state index in [9.17, 15) is 0 Å². The smallest absolute Gasteiger partial charge is 0.317 e. The summed E-state index contributed by atoms with van der Waals surface area (Å²) in [7, 11) is 1.51. The Bertz CT molecular complexity index is 317. The van der Waals surface area contributed by atoms with Crippen molar-refractivity contribution in [3.8, 4) is 6.01 Å². The third-order valence-corrected chi connectivity index (χ3v) is 2.00. The first-order valence-corrected chi connectivity index (χ1v) is 3.86. The highest BCUT2D eigenvalue weighted by atomic mass is 35.5. The van der Waals surface area contributed by atoms with Crippen LogP contribution < -0.4 is 4.74 Å². The van der Waals surface area contributed by atoms with E-state index in [1.165, 1.54) is 7.11 Å². The average molecular weight is 187 g/mol. The molecule has 5 heteroatoms. The van der Waals surface area contributed by atoms with Gasteiger partial charge in [0, 0.05) is 5.56 Å². The highest BCUT2D eigenvalue weighted by Gasteiger charge is 2.18. The molecule has 1 aliphatic rings. The van der Waals surface area contributed by atoms with E-state index in [0.717, 1.165) is 11.3 Å². The van der Waals surface area contributed by atoms with E-state index in [2.05, 4.69) is 9.97 Å². The molecule has 0 bridgehead atoms. The van der Waals surface area contributed by atoms with Crippen molar-refractivity contribution < 1.29 is 9.47 Å². The molecule has 0 radical (unpaired) electrons. The number of nitrogens with zero attached hydrogens (tertiary/aromatic N) is 2. The summed E-state index contributed by atoms with van der Waals surface area (Å²) in [6.45, 7) is 0.992. The second kappa shape index (κ2) is 2.88. The Morgan fingerprint density at radius 1 is 1.42 bits per heavy atom. The first-order valence-electron chi connectivity index (χ1n) is 3.48. The molecule has 1 aliphatic heterocycles. The molecule has 0 aliphatic carbocycles. The van der Waals surface area contributed by atoms with E-state index in [4.69, 9.17) is 21.1 Å². The summed E-state index contributed by atoms with van der Waals surface area (Å²) >= 11 is 5.84. The number of aromatic nitrogens is 2. The van der Waals surface area contributed by atoms with Gasteiger partial charge < -0.3 is 9.47 Å². The molecule has 2 heterocycles. The molecule has 0 N–H and O–H groups in total. The topological polar surface area (TPSA) is 44.2 Å². The van der Waals surface area contributed by atoms with Gasteiger partial charge in [-0.25, -0.2) is 0 Å². The zero-order chi connectivity index (χ0) is 8.55. The fourth-order valence-corrected chi connectivity index (χ4v) is 1.32. The molecule has 0 unspecified atom stereocenters. The third-order valence-electron chi connectivity index (χ3n) is 1.69. The van der Waals surface area contributed by atoms with Crippen molar-refractivity contribution in [2.45, 2.75) is 13.2 Å². The number of rotatable bonds is 1. The lowest BCUT2D eigenvalue weighted by Crippen LogP contribution is -1.97. The molecule has 0 saturated heterocycles. The van der Waals surface area contributed by atoms with Crippen LogP contribution in [0.3, 0.4) is 0 Å². The van der Waals surface area contributed by atoms with Crippen molar-refractivity contribution in [3.05, 3.63) is 16.4 Å². The van der Waals surface area contributed by atoms with Crippen molar-refractivity contribution in [2.75, 3.05) is 7.11 Å². The highest BCUT2D eigenvalue weighted by molar-refractivity contribution is 6.30. The van der Waals surface area contributed by atoms with Gasteiger partial charge in [-0.15, -0.1) is 0 Å². The Labute approximate surface area is 74.5 Å². The molecule has 0 atom stereocenters. The SMILES string of the molecule is COc1nc(Cl)c2c(n1)COC2. The zero-order valence-corrected chi connectivity index (χ0v) is 7.26. The normalized spacial score (nSPS) is 14.5. The molecule has 0 saturated carbocycles. The van der Waals surface area contributed by atoms with Crippen molar-refractivity contribution >= 4 is 11.6 Å². The number of halogens is 1. The molecule has 64 valence electrons. The lowest BCUT2D eigenvalue weighted by Gasteiger charge is -2.01. The quantitative estimate of drug-likeness (QED) is 0.618. The first kappa shape index (κ1) is 7.76. The molecular weight excluding hydrogens is 180 g/mol. The molecular formula is C7H7ClN2O2. The zero-order valence-electron chi connectivity index (χ0n) is 6.50. The molecule has 0 amide bonds. The van der Waals surface area contributed by atoms with Gasteiger partial charge in [0.15, 0.2) is 0 Å². The molecule has 12 heavy (non-hydrogen) atoms. The lowest BCUT2D eigenvalue weighted by atomic mass is 10.3. The summed E-state index contributed by atoms with van der Waals surface area (Å²) in [5.41, 5.74) is 1.70. The van der Waals surface area contributed by atoms with Crippen LogP contribution in [0.1, 0.15) is 11.3 Å². The van der Waals surface area contributed by atoms with E-state index in [-0.39, 0.29) is 0 Å². The number of hydrogen-bond acceptors (Lipinski definition) is 4. The fourth-order valence-electron chi connectivity index (χ4n) is 1.08. The van der Waals surface area contributed by atoms with E-state index in [1.807, 2.05) is 0 Å². The minimum atomic E-state index is 0.296. The van der Waals surface area contributed by atoms with Gasteiger partial charge in [0.1, 0.15) is 5.15 Å². The maximum atomic E-state index is 5.84. The number of hydrogen-bond donors (Lipinski definition) is 0. The number of methoxy groups -OCH3 is 1. The summed E-state index contributed by atoms with van der Waals surface area (Å²) in [4.78, 5) is 8.01. The Balaban J connectivity index is 2.51. The van der Waals surface area contributed by atoms with Crippen LogP contribution in [0, 0.1) is 0 Å². The van der Waals surface area contributed by atoms with Crippen LogP contribution in [0.5, 0.6) is 6.01 Å². The largest absolute Gasteiger partial charge is 0.467 e. The van der Waals surface area contributed by atoms with Crippen molar-refractivity contribution in [1.82, 2.24) is 9.97 Å². The Morgan fingerprint density at radius 2 is 2.25 bits per heavy atom. The van der Waals surface area contributed by atoms with Gasteiger partial charge in [0.2, 0.25) is 0 Å². The van der Waals surface area contributed by atoms with Crippen molar-refractivity contribution in [2.24, 2.45) is 0 Å². The molecule has 0 fully saturated rings. The minimum absolute atomic E-state index is 0.296. The van der Waals surface area contributed by atoms with Crippen LogP contribution in [0.2, 0.25) is 5.15 Å². The van der Waals surface area contributed by atoms with E-state index >= 15 is 0 Å². The molecule has 0 spiro atoms. The molecule has 4 nitrogen and oxygen atoms in total. The van der Waals surface area contributed by atoms with E-state index in [1.54, 1.807) is 0 Å². The van der Waals surface area contributed by atoms with Crippen LogP contribution in [0.4, 0.5) is 0 Å². The highest BCUT2D eigenvalue weighted by Crippen LogP contribution is 2.25. The Morgan fingerprint density at radius 3 is 3.00 bits per heavy atom. The van der Waals surface area contributed by atoms with Gasteiger partial charge in [-0.2, -0.15) is 9.97 Å². The predicted molar refractivity (Wildman–Crippen MR) is 42.1 cm³/mol. The van der Waals surface area contributed by atoms with Crippen LogP contribution in [-0.4, -0.2) is 17.1 Å². The van der Waals surface area contributed by atoms with E-state index < -0.39 is 0 Å². The predicted octanol–water partition coefficient (Wildman–Crippen LogP) is 1.17. The van der Waals surface area contributed by atoms with Gasteiger partial charge >= 0.3 is 6.01 Å². The summed E-state index contributed by atoms with van der Waals surface area (Å²) in [6, 6.07) is 0.296. The fraction of sp³-hybridized carbons (Fsp3) is 0.429. The van der Waals surface area contributed by atoms with Gasteiger partial charge in [-0.3, -0.25) is 0 Å². The lowest BCUT2D eigenvalue weighted by molar-refractivity contribution is 0.133. The maximum Gasteiger partial charge on any atom is 0.317 e. The standard InChI is InChI=1S/C7H7ClN2O2/c1-11-7-9-5-3-12-2-4(5)6(8)10-7/h2-3H2,1H3. The molecule has 0 aromatic carbocycles. The van der Waals surface area contributed by atoms with Gasteiger partial charge in [-0.05, 0) is 0 Å². The Hall–Kier alpha value is -0.870. The number of ether oxygens (including phenoxy) is 2. The van der Waals surface area contributed by atoms with Crippen LogP contribution >= 0.6 is 11.6 Å². The summed E-state index contributed by atoms with van der Waals surface area (Å²) in [5.74, 6) is 0. The van der Waals surface area contributed by atoms with Gasteiger partial charge in [0.05, 0.1) is 26.0 Å². The Kier molecular flexibility index (Phi) is 1.86. The summed E-state index contributed by atoms with van der Waals surface area (Å²) < 4.78 is 10.0. The van der Waals surface area contributed by atoms with Crippen molar-refractivity contribution in [1.29, 1.82) is 0 Å². The average Bonchev–Trinajstić information content (AvgIpc) is 2.52. The maximum absolute atomic E-state index is 5.84. The van der Waals surface area contributed by atoms with Crippen molar-refractivity contribution in [3.63, 3.8) is 0 Å². The van der Waals surface area contributed by atoms with Crippen LogP contribution in [0.15, 0.2) is 0 Å². The second-order valence-corrected chi connectivity index (χ2v) is 2.78.